The summed E-state index contributed by atoms with van der Waals surface area (Å²) in [7, 11) is 0. The average molecular weight is 466 g/mol. The van der Waals surface area contributed by atoms with Crippen LogP contribution >= 0.6 is 0 Å². The van der Waals surface area contributed by atoms with E-state index in [9.17, 15) is 19.8 Å². The number of hydrogen-bond acceptors (Lipinski definition) is 6. The molecular formula is C27H35N3O4. The van der Waals surface area contributed by atoms with Crippen LogP contribution in [0.2, 0.25) is 0 Å². The highest BCUT2D eigenvalue weighted by atomic mass is 16.3. The molecule has 1 amide bonds. The minimum Gasteiger partial charge on any atom is -0.508 e. The number of Topliss-reactive ketones (excluding diaryl/α,β-unsaturated/α-hetero) is 1. The van der Waals surface area contributed by atoms with Crippen molar-refractivity contribution >= 4 is 17.5 Å². The summed E-state index contributed by atoms with van der Waals surface area (Å²) >= 11 is 0. The van der Waals surface area contributed by atoms with Crippen LogP contribution in [0.5, 0.6) is 11.5 Å². The molecule has 7 nitrogen and oxygen atoms in total. The van der Waals surface area contributed by atoms with E-state index in [1.807, 2.05) is 6.92 Å². The number of aromatic nitrogens is 1. The molecule has 1 heterocycles. The van der Waals surface area contributed by atoms with Gasteiger partial charge in [-0.25, -0.2) is 4.98 Å². The third-order valence-corrected chi connectivity index (χ3v) is 8.47. The number of nitrogens with zero attached hydrogens (tertiary/aromatic N) is 1. The van der Waals surface area contributed by atoms with Crippen LogP contribution in [0.15, 0.2) is 36.5 Å². The lowest BCUT2D eigenvalue weighted by Crippen LogP contribution is -2.60. The lowest BCUT2D eigenvalue weighted by molar-refractivity contribution is -0.0902. The second-order valence-corrected chi connectivity index (χ2v) is 11.1. The van der Waals surface area contributed by atoms with Gasteiger partial charge in [0.25, 0.3) is 5.91 Å². The number of phenols is 2. The molecule has 7 heteroatoms. The quantitative estimate of drug-likeness (QED) is 0.491. The Bertz CT molecular complexity index is 1080. The molecule has 4 rings (SSSR count). The fraction of sp³-hybridized carbons (Fsp3) is 0.519. The summed E-state index contributed by atoms with van der Waals surface area (Å²) in [5.74, 6) is -0.558. The number of pyridine rings is 1. The van der Waals surface area contributed by atoms with Crippen LogP contribution in [0, 0.1) is 28.6 Å². The molecule has 1 aromatic carbocycles. The third kappa shape index (κ3) is 4.24. The molecule has 2 aliphatic carbocycles. The van der Waals surface area contributed by atoms with Crippen LogP contribution in [0.1, 0.15) is 74.1 Å². The van der Waals surface area contributed by atoms with Crippen molar-refractivity contribution in [2.24, 2.45) is 28.6 Å². The lowest BCUT2D eigenvalue weighted by Gasteiger charge is -2.60. The van der Waals surface area contributed by atoms with Crippen molar-refractivity contribution in [1.82, 2.24) is 10.3 Å². The van der Waals surface area contributed by atoms with Crippen LogP contribution in [-0.4, -0.2) is 32.9 Å². The Morgan fingerprint density at radius 3 is 2.35 bits per heavy atom. The number of carbonyl (C=O) groups excluding carboxylic acids is 2. The van der Waals surface area contributed by atoms with E-state index in [1.165, 1.54) is 24.4 Å². The van der Waals surface area contributed by atoms with Gasteiger partial charge in [-0.1, -0.05) is 34.1 Å². The molecule has 0 bridgehead atoms. The van der Waals surface area contributed by atoms with Crippen LogP contribution in [-0.2, 0) is 0 Å². The molecule has 5 atom stereocenters. The standard InChI is InChI=1S/C27H35N3O4/c1-15-20(30-25(34)16-6-7-22(28)29-14-16)13-21-26(2,3)8-5-9-27(21,4)23(15)24(33)17-10-18(31)12-19(32)11-17/h6-7,10-12,14-15,20-21,23,31-32H,5,8-9,13H2,1-4H3,(H2,28,29)(H,30,34)/t15-,20+,21-,23+,27-/m0/s1. The predicted molar refractivity (Wildman–Crippen MR) is 131 cm³/mol. The zero-order chi connectivity index (χ0) is 24.8. The Labute approximate surface area is 200 Å². The second kappa shape index (κ2) is 8.60. The summed E-state index contributed by atoms with van der Waals surface area (Å²) in [6, 6.07) is 7.10. The Morgan fingerprint density at radius 2 is 1.74 bits per heavy atom. The van der Waals surface area contributed by atoms with Crippen LogP contribution in [0.3, 0.4) is 0 Å². The number of carbonyl (C=O) groups is 2. The van der Waals surface area contributed by atoms with Crippen LogP contribution in [0.25, 0.3) is 0 Å². The number of fused-ring (bicyclic) bond motifs is 1. The van der Waals surface area contributed by atoms with Gasteiger partial charge >= 0.3 is 0 Å². The number of anilines is 1. The number of nitrogens with one attached hydrogen (secondary N) is 1. The third-order valence-electron chi connectivity index (χ3n) is 8.47. The molecule has 1 aromatic heterocycles. The van der Waals surface area contributed by atoms with Crippen molar-refractivity contribution in [1.29, 1.82) is 0 Å². The fourth-order valence-corrected chi connectivity index (χ4v) is 6.86. The summed E-state index contributed by atoms with van der Waals surface area (Å²) < 4.78 is 0. The molecule has 182 valence electrons. The Kier molecular flexibility index (Phi) is 6.08. The van der Waals surface area contributed by atoms with E-state index in [4.69, 9.17) is 5.73 Å². The van der Waals surface area contributed by atoms with Crippen molar-refractivity contribution in [3.63, 3.8) is 0 Å². The average Bonchev–Trinajstić information content (AvgIpc) is 2.74. The van der Waals surface area contributed by atoms with Gasteiger partial charge in [-0.2, -0.15) is 0 Å². The topological polar surface area (TPSA) is 126 Å². The summed E-state index contributed by atoms with van der Waals surface area (Å²) in [6.07, 6.45) is 5.28. The van der Waals surface area contributed by atoms with Crippen molar-refractivity contribution < 1.29 is 19.8 Å². The smallest absolute Gasteiger partial charge is 0.253 e. The van der Waals surface area contributed by atoms with Gasteiger partial charge < -0.3 is 21.3 Å². The molecule has 0 aliphatic heterocycles. The van der Waals surface area contributed by atoms with E-state index in [0.717, 1.165) is 25.7 Å². The van der Waals surface area contributed by atoms with Gasteiger partial charge in [-0.15, -0.1) is 0 Å². The first-order chi connectivity index (χ1) is 15.9. The molecular weight excluding hydrogens is 430 g/mol. The molecule has 2 aromatic rings. The highest BCUT2D eigenvalue weighted by Gasteiger charge is 2.58. The fourth-order valence-electron chi connectivity index (χ4n) is 6.86. The van der Waals surface area contributed by atoms with E-state index in [0.29, 0.717) is 16.9 Å². The molecule has 5 N–H and O–H groups in total. The molecule has 0 spiro atoms. The molecule has 0 radical (unpaired) electrons. The van der Waals surface area contributed by atoms with Crippen molar-refractivity contribution in [3.8, 4) is 11.5 Å². The predicted octanol–water partition coefficient (Wildman–Crippen LogP) is 4.54. The first-order valence-corrected chi connectivity index (χ1v) is 12.0. The van der Waals surface area contributed by atoms with Gasteiger partial charge in [0.05, 0.1) is 5.56 Å². The molecule has 2 saturated carbocycles. The zero-order valence-corrected chi connectivity index (χ0v) is 20.3. The Morgan fingerprint density at radius 1 is 1.06 bits per heavy atom. The SMILES string of the molecule is C[C@H]1[C@H](NC(=O)c2ccc(N)nc2)C[C@H]2C(C)(C)CCC[C@]2(C)[C@H]1C(=O)c1cc(O)cc(O)c1. The normalized spacial score (nSPS) is 30.2. The first-order valence-electron chi connectivity index (χ1n) is 12.0. The van der Waals surface area contributed by atoms with Crippen LogP contribution < -0.4 is 11.1 Å². The number of rotatable bonds is 4. The van der Waals surface area contributed by atoms with Crippen LogP contribution in [0.4, 0.5) is 5.82 Å². The maximum Gasteiger partial charge on any atom is 0.253 e. The second-order valence-electron chi connectivity index (χ2n) is 11.1. The van der Waals surface area contributed by atoms with Gasteiger partial charge in [0.15, 0.2) is 5.78 Å². The van der Waals surface area contributed by atoms with Crippen molar-refractivity contribution in [3.05, 3.63) is 47.7 Å². The minimum absolute atomic E-state index is 0.0123. The summed E-state index contributed by atoms with van der Waals surface area (Å²) in [5.41, 5.74) is 6.14. The molecule has 34 heavy (non-hydrogen) atoms. The molecule has 2 aliphatic rings. The minimum atomic E-state index is -0.373. The number of aromatic hydroxyl groups is 2. The monoisotopic (exact) mass is 465 g/mol. The summed E-state index contributed by atoms with van der Waals surface area (Å²) in [6.45, 7) is 8.76. The van der Waals surface area contributed by atoms with Gasteiger partial charge in [0, 0.05) is 29.8 Å². The zero-order valence-electron chi connectivity index (χ0n) is 20.3. The Balaban J connectivity index is 1.72. The van der Waals surface area contributed by atoms with E-state index < -0.39 is 0 Å². The lowest BCUT2D eigenvalue weighted by atomic mass is 9.45. The number of ketones is 1. The molecule has 2 fully saturated rings. The first kappa shape index (κ1) is 24.0. The number of nitrogens with two attached hydrogens (primary N) is 1. The number of amides is 1. The number of benzene rings is 1. The van der Waals surface area contributed by atoms with E-state index in [2.05, 4.69) is 31.1 Å². The number of phenolic OH excluding ortho intramolecular Hbond substituents is 2. The number of nitrogen functional groups attached to an aromatic ring is 1. The van der Waals surface area contributed by atoms with E-state index in [1.54, 1.807) is 12.1 Å². The molecule has 0 saturated heterocycles. The highest BCUT2D eigenvalue weighted by molar-refractivity contribution is 5.99. The van der Waals surface area contributed by atoms with Gasteiger partial charge in [-0.3, -0.25) is 9.59 Å². The Hall–Kier alpha value is -3.09. The maximum atomic E-state index is 14.0. The maximum absolute atomic E-state index is 14.0. The number of hydrogen-bond donors (Lipinski definition) is 4. The van der Waals surface area contributed by atoms with Gasteiger partial charge in [-0.05, 0) is 66.2 Å². The summed E-state index contributed by atoms with van der Waals surface area (Å²) in [4.78, 5) is 31.1. The largest absolute Gasteiger partial charge is 0.508 e. The summed E-state index contributed by atoms with van der Waals surface area (Å²) in [5, 5.41) is 23.2. The molecule has 0 unspecified atom stereocenters. The van der Waals surface area contributed by atoms with Gasteiger partial charge in [0.1, 0.15) is 17.3 Å². The van der Waals surface area contributed by atoms with Crippen molar-refractivity contribution in [2.45, 2.75) is 59.4 Å². The highest BCUT2D eigenvalue weighted by Crippen LogP contribution is 2.61. The van der Waals surface area contributed by atoms with Gasteiger partial charge in [0.2, 0.25) is 0 Å². The van der Waals surface area contributed by atoms with Crippen molar-refractivity contribution in [2.75, 3.05) is 5.73 Å². The van der Waals surface area contributed by atoms with E-state index >= 15 is 0 Å². The van der Waals surface area contributed by atoms with E-state index in [-0.39, 0.29) is 57.8 Å².